The molecule has 17 heavy (non-hydrogen) atoms. The molecule has 0 spiro atoms. The Bertz CT molecular complexity index is 328. The van der Waals surface area contributed by atoms with Gasteiger partial charge in [-0.25, -0.2) is 0 Å². The summed E-state index contributed by atoms with van der Waals surface area (Å²) in [4.78, 5) is 0. The predicted molar refractivity (Wildman–Crippen MR) is 67.8 cm³/mol. The van der Waals surface area contributed by atoms with Gasteiger partial charge in [-0.3, -0.25) is 0 Å². The van der Waals surface area contributed by atoms with Gasteiger partial charge in [-0.2, -0.15) is 0 Å². The first kappa shape index (κ1) is 12.6. The Morgan fingerprint density at radius 1 is 1.35 bits per heavy atom. The number of aliphatic hydroxyl groups is 1. The Morgan fingerprint density at radius 2 is 2.12 bits per heavy atom. The lowest BCUT2D eigenvalue weighted by atomic mass is 10.1. The molecule has 1 aliphatic heterocycles. The van der Waals surface area contributed by atoms with E-state index in [2.05, 4.69) is 12.2 Å². The molecular formula is C14H21NO2. The van der Waals surface area contributed by atoms with Crippen molar-refractivity contribution in [3.63, 3.8) is 0 Å². The van der Waals surface area contributed by atoms with Crippen LogP contribution in [0.2, 0.25) is 0 Å². The second kappa shape index (κ2) is 6.15. The third-order valence-corrected chi connectivity index (χ3v) is 3.30. The zero-order chi connectivity index (χ0) is 12.1. The number of nitrogens with one attached hydrogen (secondary N) is 1. The Morgan fingerprint density at radius 3 is 2.71 bits per heavy atom. The van der Waals surface area contributed by atoms with Crippen LogP contribution >= 0.6 is 0 Å². The number of hydrogen-bond donors (Lipinski definition) is 2. The molecule has 1 heterocycles. The van der Waals surface area contributed by atoms with Gasteiger partial charge in [-0.15, -0.1) is 0 Å². The van der Waals surface area contributed by atoms with Crippen LogP contribution < -0.4 is 5.32 Å². The highest BCUT2D eigenvalue weighted by Gasteiger charge is 2.22. The van der Waals surface area contributed by atoms with Gasteiger partial charge in [0.05, 0.1) is 24.9 Å². The smallest absolute Gasteiger partial charge is 0.0704 e. The van der Waals surface area contributed by atoms with Crippen molar-refractivity contribution in [2.24, 2.45) is 0 Å². The van der Waals surface area contributed by atoms with Crippen molar-refractivity contribution in [3.05, 3.63) is 35.9 Å². The average molecular weight is 235 g/mol. The van der Waals surface area contributed by atoms with E-state index in [-0.39, 0.29) is 12.6 Å². The van der Waals surface area contributed by atoms with Gasteiger partial charge in [0.1, 0.15) is 0 Å². The van der Waals surface area contributed by atoms with Crippen LogP contribution in [0, 0.1) is 0 Å². The van der Waals surface area contributed by atoms with Gasteiger partial charge in [0.2, 0.25) is 0 Å². The van der Waals surface area contributed by atoms with Gasteiger partial charge < -0.3 is 15.2 Å². The SMILES string of the molecule is CC1CCC(CN[C@@H](CO)c2ccccc2)O1. The molecule has 0 amide bonds. The predicted octanol–water partition coefficient (Wildman–Crippen LogP) is 1.88. The second-order valence-corrected chi connectivity index (χ2v) is 4.70. The van der Waals surface area contributed by atoms with Crippen LogP contribution in [0.25, 0.3) is 0 Å². The fourth-order valence-corrected chi connectivity index (χ4v) is 2.28. The molecule has 0 aliphatic carbocycles. The summed E-state index contributed by atoms with van der Waals surface area (Å²) in [6.45, 7) is 3.04. The molecule has 1 fully saturated rings. The Balaban J connectivity index is 1.84. The van der Waals surface area contributed by atoms with Crippen molar-refractivity contribution in [3.8, 4) is 0 Å². The third kappa shape index (κ3) is 3.53. The molecule has 2 N–H and O–H groups in total. The van der Waals surface area contributed by atoms with E-state index in [0.717, 1.165) is 24.9 Å². The van der Waals surface area contributed by atoms with Crippen LogP contribution in [-0.2, 0) is 4.74 Å². The summed E-state index contributed by atoms with van der Waals surface area (Å²) in [5.41, 5.74) is 1.13. The quantitative estimate of drug-likeness (QED) is 0.818. The molecule has 3 nitrogen and oxygen atoms in total. The molecule has 0 saturated carbocycles. The number of rotatable bonds is 5. The normalized spacial score (nSPS) is 26.0. The van der Waals surface area contributed by atoms with E-state index in [4.69, 9.17) is 4.74 Å². The van der Waals surface area contributed by atoms with Crippen molar-refractivity contribution in [2.45, 2.75) is 38.0 Å². The third-order valence-electron chi connectivity index (χ3n) is 3.30. The minimum absolute atomic E-state index is 0.00991. The van der Waals surface area contributed by atoms with E-state index in [0.29, 0.717) is 12.2 Å². The van der Waals surface area contributed by atoms with Gasteiger partial charge >= 0.3 is 0 Å². The molecule has 1 saturated heterocycles. The molecule has 1 aromatic carbocycles. The number of ether oxygens (including phenoxy) is 1. The highest BCUT2D eigenvalue weighted by atomic mass is 16.5. The maximum absolute atomic E-state index is 9.40. The lowest BCUT2D eigenvalue weighted by Gasteiger charge is -2.19. The topological polar surface area (TPSA) is 41.5 Å². The first-order chi connectivity index (χ1) is 8.29. The van der Waals surface area contributed by atoms with E-state index in [1.807, 2.05) is 30.3 Å². The second-order valence-electron chi connectivity index (χ2n) is 4.70. The summed E-state index contributed by atoms with van der Waals surface area (Å²) >= 11 is 0. The molecule has 0 bridgehead atoms. The summed E-state index contributed by atoms with van der Waals surface area (Å²) in [5, 5.41) is 12.8. The minimum atomic E-state index is 0.00991. The fraction of sp³-hybridized carbons (Fsp3) is 0.571. The van der Waals surface area contributed by atoms with E-state index in [9.17, 15) is 5.11 Å². The molecule has 2 unspecified atom stereocenters. The van der Waals surface area contributed by atoms with Crippen molar-refractivity contribution < 1.29 is 9.84 Å². The van der Waals surface area contributed by atoms with Gasteiger partial charge in [0.25, 0.3) is 0 Å². The Labute approximate surface area is 103 Å². The van der Waals surface area contributed by atoms with Crippen molar-refractivity contribution in [1.82, 2.24) is 5.32 Å². The van der Waals surface area contributed by atoms with Crippen molar-refractivity contribution >= 4 is 0 Å². The molecule has 3 atom stereocenters. The molecule has 1 aliphatic rings. The lowest BCUT2D eigenvalue weighted by molar-refractivity contribution is 0.0527. The monoisotopic (exact) mass is 235 g/mol. The van der Waals surface area contributed by atoms with Crippen LogP contribution in [0.15, 0.2) is 30.3 Å². The summed E-state index contributed by atoms with van der Waals surface area (Å²) in [5.74, 6) is 0. The summed E-state index contributed by atoms with van der Waals surface area (Å²) in [6.07, 6.45) is 2.93. The first-order valence-electron chi connectivity index (χ1n) is 6.34. The van der Waals surface area contributed by atoms with E-state index in [1.54, 1.807) is 0 Å². The van der Waals surface area contributed by atoms with E-state index < -0.39 is 0 Å². The minimum Gasteiger partial charge on any atom is -0.394 e. The summed E-state index contributed by atoms with van der Waals surface area (Å²) in [6, 6.07) is 10.1. The fourth-order valence-electron chi connectivity index (χ4n) is 2.28. The molecule has 0 aromatic heterocycles. The Kier molecular flexibility index (Phi) is 4.54. The highest BCUT2D eigenvalue weighted by molar-refractivity contribution is 5.18. The number of hydrogen-bond acceptors (Lipinski definition) is 3. The van der Waals surface area contributed by atoms with E-state index >= 15 is 0 Å². The Hall–Kier alpha value is -0.900. The van der Waals surface area contributed by atoms with Crippen LogP contribution in [0.1, 0.15) is 31.4 Å². The summed E-state index contributed by atoms with van der Waals surface area (Å²) in [7, 11) is 0. The molecule has 2 rings (SSSR count). The summed E-state index contributed by atoms with van der Waals surface area (Å²) < 4.78 is 5.75. The molecular weight excluding hydrogens is 214 g/mol. The van der Waals surface area contributed by atoms with Crippen molar-refractivity contribution in [1.29, 1.82) is 0 Å². The average Bonchev–Trinajstić information content (AvgIpc) is 2.77. The van der Waals surface area contributed by atoms with E-state index in [1.165, 1.54) is 0 Å². The molecule has 3 heteroatoms. The zero-order valence-corrected chi connectivity index (χ0v) is 10.3. The maximum atomic E-state index is 9.40. The maximum Gasteiger partial charge on any atom is 0.0704 e. The molecule has 1 aromatic rings. The van der Waals surface area contributed by atoms with Gasteiger partial charge in [-0.1, -0.05) is 30.3 Å². The molecule has 94 valence electrons. The lowest BCUT2D eigenvalue weighted by Crippen LogP contribution is -2.32. The molecule has 0 radical (unpaired) electrons. The standard InChI is InChI=1S/C14H21NO2/c1-11-7-8-13(17-11)9-15-14(10-16)12-5-3-2-4-6-12/h2-6,11,13-16H,7-10H2,1H3/t11?,13?,14-/m0/s1. The van der Waals surface area contributed by atoms with Crippen LogP contribution in [0.4, 0.5) is 0 Å². The largest absolute Gasteiger partial charge is 0.394 e. The van der Waals surface area contributed by atoms with Crippen molar-refractivity contribution in [2.75, 3.05) is 13.2 Å². The van der Waals surface area contributed by atoms with Gasteiger partial charge in [0, 0.05) is 6.54 Å². The number of aliphatic hydroxyl groups excluding tert-OH is 1. The number of benzene rings is 1. The van der Waals surface area contributed by atoms with Gasteiger partial charge in [0.15, 0.2) is 0 Å². The highest BCUT2D eigenvalue weighted by Crippen LogP contribution is 2.19. The van der Waals surface area contributed by atoms with Crippen LogP contribution in [0.3, 0.4) is 0 Å². The van der Waals surface area contributed by atoms with Crippen LogP contribution in [-0.4, -0.2) is 30.5 Å². The zero-order valence-electron chi connectivity index (χ0n) is 10.3. The van der Waals surface area contributed by atoms with Crippen LogP contribution in [0.5, 0.6) is 0 Å². The first-order valence-corrected chi connectivity index (χ1v) is 6.34. The van der Waals surface area contributed by atoms with Gasteiger partial charge in [-0.05, 0) is 25.3 Å².